The lowest BCUT2D eigenvalue weighted by Gasteiger charge is -2.16. The molecule has 1 aromatic carbocycles. The molecular weight excluding hydrogens is 364 g/mol. The van der Waals surface area contributed by atoms with Crippen LogP contribution in [-0.4, -0.2) is 9.38 Å². The molecule has 7 heteroatoms. The Morgan fingerprint density at radius 1 is 1.24 bits per heavy atom. The van der Waals surface area contributed by atoms with Crippen molar-refractivity contribution in [2.24, 2.45) is 0 Å². The number of fused-ring (bicyclic) bond motifs is 1. The summed E-state index contributed by atoms with van der Waals surface area (Å²) in [6.45, 7) is 4.12. The predicted molar refractivity (Wildman–Crippen MR) is 97.9 cm³/mol. The first-order valence-corrected chi connectivity index (χ1v) is 8.47. The van der Waals surface area contributed by atoms with E-state index in [0.29, 0.717) is 28.5 Å². The number of nitrogens with one attached hydrogen (secondary N) is 1. The van der Waals surface area contributed by atoms with Crippen LogP contribution in [0.4, 0.5) is 4.39 Å². The van der Waals surface area contributed by atoms with Gasteiger partial charge >= 0.3 is 0 Å². The molecule has 1 unspecified atom stereocenters. The van der Waals surface area contributed by atoms with Crippen LogP contribution in [0.2, 0.25) is 10.0 Å². The number of benzene rings is 1. The van der Waals surface area contributed by atoms with Gasteiger partial charge in [-0.15, -0.1) is 0 Å². The Bertz CT molecular complexity index is 1000. The summed E-state index contributed by atoms with van der Waals surface area (Å²) in [4.78, 5) is 16.7. The third-order valence-electron chi connectivity index (χ3n) is 3.96. The summed E-state index contributed by atoms with van der Waals surface area (Å²) in [6.07, 6.45) is 1.75. The summed E-state index contributed by atoms with van der Waals surface area (Å²) in [6, 6.07) is 7.64. The Kier molecular flexibility index (Phi) is 5.08. The van der Waals surface area contributed by atoms with Crippen molar-refractivity contribution in [2.75, 3.05) is 0 Å². The van der Waals surface area contributed by atoms with Gasteiger partial charge in [0.1, 0.15) is 11.5 Å². The third kappa shape index (κ3) is 3.84. The molecule has 0 amide bonds. The molecule has 1 atom stereocenters. The summed E-state index contributed by atoms with van der Waals surface area (Å²) in [5.41, 5.74) is 2.62. The van der Waals surface area contributed by atoms with Gasteiger partial charge in [-0.3, -0.25) is 9.20 Å². The maximum absolute atomic E-state index is 13.7. The maximum atomic E-state index is 13.7. The SMILES string of the molecule is Cc1ccc2nc(CNC(C)c3cc(F)c(Cl)cc3Cl)cc(=O)n2c1. The monoisotopic (exact) mass is 379 g/mol. The van der Waals surface area contributed by atoms with E-state index >= 15 is 0 Å². The molecule has 130 valence electrons. The second kappa shape index (κ2) is 7.12. The summed E-state index contributed by atoms with van der Waals surface area (Å²) in [5, 5.41) is 3.57. The molecule has 0 aliphatic carbocycles. The van der Waals surface area contributed by atoms with Crippen LogP contribution >= 0.6 is 23.2 Å². The molecule has 0 fully saturated rings. The van der Waals surface area contributed by atoms with Gasteiger partial charge in [0.25, 0.3) is 5.56 Å². The molecule has 0 aliphatic heterocycles. The van der Waals surface area contributed by atoms with E-state index in [2.05, 4.69) is 10.3 Å². The highest BCUT2D eigenvalue weighted by Crippen LogP contribution is 2.28. The van der Waals surface area contributed by atoms with E-state index in [1.165, 1.54) is 22.6 Å². The first-order valence-electron chi connectivity index (χ1n) is 7.72. The lowest BCUT2D eigenvalue weighted by molar-refractivity contribution is 0.559. The average molecular weight is 380 g/mol. The molecule has 0 spiro atoms. The standard InChI is InChI=1S/C18H16Cl2FN3O/c1-10-3-4-17-23-12(5-18(25)24(17)9-10)8-22-11(2)13-6-16(21)15(20)7-14(13)19/h3-7,9,11,22H,8H2,1-2H3. The molecule has 2 heterocycles. The largest absolute Gasteiger partial charge is 0.305 e. The van der Waals surface area contributed by atoms with Crippen molar-refractivity contribution < 1.29 is 4.39 Å². The van der Waals surface area contributed by atoms with Gasteiger partial charge < -0.3 is 5.32 Å². The van der Waals surface area contributed by atoms with Gasteiger partial charge in [-0.1, -0.05) is 29.3 Å². The minimum Gasteiger partial charge on any atom is -0.305 e. The van der Waals surface area contributed by atoms with Crippen molar-refractivity contribution in [2.45, 2.75) is 26.4 Å². The lowest BCUT2D eigenvalue weighted by Crippen LogP contribution is -2.22. The molecule has 2 aromatic heterocycles. The van der Waals surface area contributed by atoms with Crippen LogP contribution in [0.25, 0.3) is 5.65 Å². The van der Waals surface area contributed by atoms with Crippen LogP contribution in [0.3, 0.4) is 0 Å². The molecule has 0 saturated carbocycles. The maximum Gasteiger partial charge on any atom is 0.258 e. The smallest absolute Gasteiger partial charge is 0.258 e. The van der Waals surface area contributed by atoms with E-state index in [1.54, 1.807) is 12.3 Å². The highest BCUT2D eigenvalue weighted by Gasteiger charge is 2.14. The van der Waals surface area contributed by atoms with Gasteiger partial charge in [0.05, 0.1) is 10.7 Å². The van der Waals surface area contributed by atoms with Crippen LogP contribution in [0.1, 0.15) is 29.8 Å². The van der Waals surface area contributed by atoms with Crippen molar-refractivity contribution in [3.63, 3.8) is 0 Å². The highest BCUT2D eigenvalue weighted by molar-refractivity contribution is 6.35. The molecule has 0 saturated heterocycles. The summed E-state index contributed by atoms with van der Waals surface area (Å²) in [5.74, 6) is -0.521. The van der Waals surface area contributed by atoms with Gasteiger partial charge in [-0.2, -0.15) is 0 Å². The first-order chi connectivity index (χ1) is 11.8. The van der Waals surface area contributed by atoms with Crippen LogP contribution in [-0.2, 0) is 6.54 Å². The molecule has 3 aromatic rings. The normalized spacial score (nSPS) is 12.5. The van der Waals surface area contributed by atoms with Crippen molar-refractivity contribution in [3.8, 4) is 0 Å². The molecule has 1 N–H and O–H groups in total. The van der Waals surface area contributed by atoms with Gasteiger partial charge in [0.2, 0.25) is 0 Å². The zero-order valence-corrected chi connectivity index (χ0v) is 15.2. The van der Waals surface area contributed by atoms with Crippen LogP contribution < -0.4 is 10.9 Å². The molecule has 4 nitrogen and oxygen atoms in total. The molecule has 3 rings (SSSR count). The van der Waals surface area contributed by atoms with Gasteiger partial charge in [-0.05, 0) is 43.2 Å². The number of nitrogens with zero attached hydrogens (tertiary/aromatic N) is 2. The van der Waals surface area contributed by atoms with Crippen LogP contribution in [0, 0.1) is 12.7 Å². The van der Waals surface area contributed by atoms with Crippen LogP contribution in [0.15, 0.2) is 41.3 Å². The number of halogens is 3. The van der Waals surface area contributed by atoms with Crippen molar-refractivity contribution in [1.29, 1.82) is 0 Å². The Morgan fingerprint density at radius 3 is 2.76 bits per heavy atom. The molecule has 0 radical (unpaired) electrons. The topological polar surface area (TPSA) is 46.4 Å². The van der Waals surface area contributed by atoms with E-state index in [1.807, 2.05) is 19.9 Å². The fourth-order valence-corrected chi connectivity index (χ4v) is 3.13. The van der Waals surface area contributed by atoms with E-state index in [9.17, 15) is 9.18 Å². The fraction of sp³-hybridized carbons (Fsp3) is 0.222. The van der Waals surface area contributed by atoms with E-state index in [0.717, 1.165) is 5.56 Å². The number of aromatic nitrogens is 2. The minimum atomic E-state index is -0.521. The summed E-state index contributed by atoms with van der Waals surface area (Å²) >= 11 is 11.9. The number of rotatable bonds is 4. The molecule has 0 bridgehead atoms. The van der Waals surface area contributed by atoms with Crippen molar-refractivity contribution in [3.05, 3.63) is 79.6 Å². The van der Waals surface area contributed by atoms with Gasteiger partial charge in [0.15, 0.2) is 0 Å². The molecular formula is C18H16Cl2FN3O. The molecule has 25 heavy (non-hydrogen) atoms. The van der Waals surface area contributed by atoms with Gasteiger partial charge in [-0.25, -0.2) is 9.37 Å². The Balaban J connectivity index is 1.82. The quantitative estimate of drug-likeness (QED) is 0.687. The van der Waals surface area contributed by atoms with Crippen molar-refractivity contribution in [1.82, 2.24) is 14.7 Å². The zero-order valence-electron chi connectivity index (χ0n) is 13.7. The highest BCUT2D eigenvalue weighted by atomic mass is 35.5. The summed E-state index contributed by atoms with van der Waals surface area (Å²) in [7, 11) is 0. The molecule has 0 aliphatic rings. The van der Waals surface area contributed by atoms with E-state index < -0.39 is 5.82 Å². The zero-order chi connectivity index (χ0) is 18.1. The lowest BCUT2D eigenvalue weighted by atomic mass is 10.1. The number of aryl methyl sites for hydroxylation is 1. The Morgan fingerprint density at radius 2 is 2.00 bits per heavy atom. The van der Waals surface area contributed by atoms with Crippen molar-refractivity contribution >= 4 is 28.8 Å². The van der Waals surface area contributed by atoms with Crippen LogP contribution in [0.5, 0.6) is 0 Å². The van der Waals surface area contributed by atoms with Gasteiger partial charge in [0, 0.05) is 29.9 Å². The minimum absolute atomic E-state index is 0.0135. The third-order valence-corrected chi connectivity index (χ3v) is 4.57. The Hall–Kier alpha value is -1.95. The number of pyridine rings is 1. The fourth-order valence-electron chi connectivity index (χ4n) is 2.59. The number of hydrogen-bond acceptors (Lipinski definition) is 3. The first kappa shape index (κ1) is 17.9. The number of hydrogen-bond donors (Lipinski definition) is 1. The second-order valence-corrected chi connectivity index (χ2v) is 6.73. The second-order valence-electron chi connectivity index (χ2n) is 5.91. The predicted octanol–water partition coefficient (Wildman–Crippen LogP) is 4.30. The van der Waals surface area contributed by atoms with E-state index in [-0.39, 0.29) is 16.6 Å². The average Bonchev–Trinajstić information content (AvgIpc) is 2.56. The Labute approximate surface area is 154 Å². The van der Waals surface area contributed by atoms with E-state index in [4.69, 9.17) is 23.2 Å². The summed E-state index contributed by atoms with van der Waals surface area (Å²) < 4.78 is 15.2.